The summed E-state index contributed by atoms with van der Waals surface area (Å²) in [6.07, 6.45) is 0.844. The van der Waals surface area contributed by atoms with Crippen molar-refractivity contribution in [2.24, 2.45) is 5.92 Å². The lowest BCUT2D eigenvalue weighted by molar-refractivity contribution is -0.120. The van der Waals surface area contributed by atoms with Crippen molar-refractivity contribution in [3.8, 4) is 0 Å². The molecular weight excluding hydrogens is 522 g/mol. The van der Waals surface area contributed by atoms with Crippen molar-refractivity contribution >= 4 is 37.3 Å². The van der Waals surface area contributed by atoms with Crippen molar-refractivity contribution in [2.45, 2.75) is 44.3 Å². The van der Waals surface area contributed by atoms with Crippen molar-refractivity contribution < 1.29 is 21.6 Å². The molecule has 1 aliphatic rings. The third-order valence-electron chi connectivity index (χ3n) is 6.75. The number of hydrogen-bond acceptors (Lipinski definition) is 5. The van der Waals surface area contributed by atoms with Crippen LogP contribution in [0.25, 0.3) is 0 Å². The fourth-order valence-corrected chi connectivity index (χ4v) is 7.17. The summed E-state index contributed by atoms with van der Waals surface area (Å²) < 4.78 is 55.4. The first-order valence-electron chi connectivity index (χ1n) is 12.5. The summed E-state index contributed by atoms with van der Waals surface area (Å²) in [4.78, 5) is 12.9. The Morgan fingerprint density at radius 1 is 0.842 bits per heavy atom. The number of anilines is 2. The second-order valence-corrected chi connectivity index (χ2v) is 13.5. The zero-order valence-corrected chi connectivity index (χ0v) is 23.4. The van der Waals surface area contributed by atoms with Crippen LogP contribution in [0.3, 0.4) is 0 Å². The summed E-state index contributed by atoms with van der Waals surface area (Å²) in [6, 6.07) is 18.9. The highest BCUT2D eigenvalue weighted by Crippen LogP contribution is 2.25. The normalized spacial score (nSPS) is 15.2. The summed E-state index contributed by atoms with van der Waals surface area (Å²) in [5.74, 6) is -0.586. The number of benzene rings is 3. The number of carbonyl (C=O) groups excluding carboxylic acids is 1. The molecule has 0 radical (unpaired) electrons. The van der Waals surface area contributed by atoms with Crippen LogP contribution in [0.1, 0.15) is 35.1 Å². The predicted molar refractivity (Wildman–Crippen MR) is 150 cm³/mol. The number of rotatable bonds is 8. The van der Waals surface area contributed by atoms with Crippen molar-refractivity contribution in [3.05, 3.63) is 89.0 Å². The van der Waals surface area contributed by atoms with Crippen LogP contribution in [0, 0.1) is 26.7 Å². The summed E-state index contributed by atoms with van der Waals surface area (Å²) >= 11 is 0. The van der Waals surface area contributed by atoms with Crippen molar-refractivity contribution in [3.63, 3.8) is 0 Å². The Morgan fingerprint density at radius 3 is 2.05 bits per heavy atom. The molecule has 0 aliphatic carbocycles. The molecule has 0 spiro atoms. The van der Waals surface area contributed by atoms with E-state index in [9.17, 15) is 21.6 Å². The zero-order valence-electron chi connectivity index (χ0n) is 21.8. The second-order valence-electron chi connectivity index (χ2n) is 9.85. The lowest BCUT2D eigenvalue weighted by Crippen LogP contribution is -2.41. The highest BCUT2D eigenvalue weighted by molar-refractivity contribution is 7.92. The van der Waals surface area contributed by atoms with E-state index >= 15 is 0 Å². The Morgan fingerprint density at radius 2 is 1.45 bits per heavy atom. The summed E-state index contributed by atoms with van der Waals surface area (Å²) in [6.45, 7) is 6.31. The fraction of sp³-hybridized carbons (Fsp3) is 0.321. The molecule has 38 heavy (non-hydrogen) atoms. The van der Waals surface area contributed by atoms with E-state index in [0.717, 1.165) is 22.3 Å². The minimum absolute atomic E-state index is 0.0578. The molecule has 0 unspecified atom stereocenters. The van der Waals surface area contributed by atoms with Gasteiger partial charge in [0.2, 0.25) is 15.9 Å². The van der Waals surface area contributed by atoms with Gasteiger partial charge < -0.3 is 5.32 Å². The van der Waals surface area contributed by atoms with Gasteiger partial charge in [-0.15, -0.1) is 0 Å². The van der Waals surface area contributed by atoms with Gasteiger partial charge in [-0.25, -0.2) is 21.1 Å². The van der Waals surface area contributed by atoms with Crippen molar-refractivity contribution in [1.29, 1.82) is 0 Å². The average molecular weight is 556 g/mol. The lowest BCUT2D eigenvalue weighted by Gasteiger charge is -2.30. The van der Waals surface area contributed by atoms with Gasteiger partial charge in [0.25, 0.3) is 10.0 Å². The minimum Gasteiger partial charge on any atom is -0.326 e. The van der Waals surface area contributed by atoms with E-state index in [2.05, 4.69) is 10.0 Å². The van der Waals surface area contributed by atoms with Crippen molar-refractivity contribution in [1.82, 2.24) is 4.31 Å². The molecule has 8 nitrogen and oxygen atoms in total. The molecule has 0 saturated carbocycles. The van der Waals surface area contributed by atoms with E-state index in [-0.39, 0.29) is 35.6 Å². The molecule has 1 heterocycles. The lowest BCUT2D eigenvalue weighted by atomic mass is 9.97. The van der Waals surface area contributed by atoms with Gasteiger partial charge in [0.15, 0.2) is 0 Å². The van der Waals surface area contributed by atoms with Crippen LogP contribution in [0.15, 0.2) is 71.6 Å². The largest absolute Gasteiger partial charge is 0.326 e. The third kappa shape index (κ3) is 6.80. The third-order valence-corrected chi connectivity index (χ3v) is 9.98. The SMILES string of the molecule is Cc1ccc(CS(=O)(=O)N2CCC(C(=O)Nc3ccc(S(=O)(=O)Nc4ccc(C)cc4C)cc3)CC2)cc1. The van der Waals surface area contributed by atoms with E-state index in [1.54, 1.807) is 18.2 Å². The van der Waals surface area contributed by atoms with Gasteiger partial charge in [-0.1, -0.05) is 47.5 Å². The van der Waals surface area contributed by atoms with Crippen LogP contribution >= 0.6 is 0 Å². The Balaban J connectivity index is 1.32. The molecule has 202 valence electrons. The molecule has 0 aromatic heterocycles. The van der Waals surface area contributed by atoms with Gasteiger partial charge >= 0.3 is 0 Å². The monoisotopic (exact) mass is 555 g/mol. The Hall–Kier alpha value is -3.21. The van der Waals surface area contributed by atoms with Gasteiger partial charge in [-0.2, -0.15) is 0 Å². The molecule has 0 atom stereocenters. The summed E-state index contributed by atoms with van der Waals surface area (Å²) in [7, 11) is -7.25. The van der Waals surface area contributed by atoms with Gasteiger partial charge in [0.1, 0.15) is 0 Å². The number of amides is 1. The standard InChI is InChI=1S/C28H33N3O5S2/c1-20-4-7-23(8-5-20)19-37(33,34)31-16-14-24(15-17-31)28(32)29-25-9-11-26(12-10-25)38(35,36)30-27-13-6-21(2)18-22(27)3/h4-13,18,24,30H,14-17,19H2,1-3H3,(H,29,32). The van der Waals surface area contributed by atoms with E-state index in [4.69, 9.17) is 0 Å². The maximum Gasteiger partial charge on any atom is 0.261 e. The van der Waals surface area contributed by atoms with Crippen LogP contribution in [0.4, 0.5) is 11.4 Å². The Bertz CT molecular complexity index is 1510. The quantitative estimate of drug-likeness (QED) is 0.422. The Labute approximate surface area is 225 Å². The molecule has 1 fully saturated rings. The topological polar surface area (TPSA) is 113 Å². The molecule has 4 rings (SSSR count). The zero-order chi connectivity index (χ0) is 27.5. The van der Waals surface area contributed by atoms with Crippen LogP contribution in [-0.2, 0) is 30.6 Å². The molecule has 10 heteroatoms. The number of carbonyl (C=O) groups is 1. The predicted octanol–water partition coefficient (Wildman–Crippen LogP) is 4.59. The van der Waals surface area contributed by atoms with Crippen LogP contribution in [0.2, 0.25) is 0 Å². The molecule has 1 aliphatic heterocycles. The van der Waals surface area contributed by atoms with Crippen molar-refractivity contribution in [2.75, 3.05) is 23.1 Å². The van der Waals surface area contributed by atoms with Crippen LogP contribution in [-0.4, -0.2) is 40.1 Å². The van der Waals surface area contributed by atoms with Gasteiger partial charge in [-0.3, -0.25) is 9.52 Å². The maximum atomic E-state index is 12.8. The first-order chi connectivity index (χ1) is 17.9. The number of hydrogen-bond donors (Lipinski definition) is 2. The summed E-state index contributed by atoms with van der Waals surface area (Å²) in [5.41, 5.74) is 4.68. The second kappa shape index (κ2) is 11.3. The van der Waals surface area contributed by atoms with E-state index in [0.29, 0.717) is 24.2 Å². The van der Waals surface area contributed by atoms with Crippen LogP contribution < -0.4 is 10.0 Å². The maximum absolute atomic E-state index is 12.8. The number of nitrogens with zero attached hydrogens (tertiary/aromatic N) is 1. The van der Waals surface area contributed by atoms with E-state index in [1.807, 2.05) is 57.2 Å². The minimum atomic E-state index is -3.78. The first kappa shape index (κ1) is 27.8. The molecule has 0 bridgehead atoms. The van der Waals surface area contributed by atoms with Gasteiger partial charge in [0.05, 0.1) is 16.3 Å². The number of piperidine rings is 1. The molecule has 1 amide bonds. The van der Waals surface area contributed by atoms with Gasteiger partial charge in [0, 0.05) is 24.7 Å². The molecule has 2 N–H and O–H groups in total. The van der Waals surface area contributed by atoms with Crippen LogP contribution in [0.5, 0.6) is 0 Å². The molecule has 3 aromatic carbocycles. The Kier molecular flexibility index (Phi) is 8.25. The molecular formula is C28H33N3O5S2. The van der Waals surface area contributed by atoms with E-state index in [1.165, 1.54) is 16.4 Å². The smallest absolute Gasteiger partial charge is 0.261 e. The van der Waals surface area contributed by atoms with Gasteiger partial charge in [-0.05, 0) is 75.1 Å². The highest BCUT2D eigenvalue weighted by Gasteiger charge is 2.31. The molecule has 3 aromatic rings. The number of aryl methyl sites for hydroxylation is 3. The summed E-state index contributed by atoms with van der Waals surface area (Å²) in [5, 5.41) is 2.83. The molecule has 1 saturated heterocycles. The highest BCUT2D eigenvalue weighted by atomic mass is 32.2. The number of sulfonamides is 2. The first-order valence-corrected chi connectivity index (χ1v) is 15.6. The average Bonchev–Trinajstić information content (AvgIpc) is 2.87. The number of nitrogens with one attached hydrogen (secondary N) is 2. The van der Waals surface area contributed by atoms with E-state index < -0.39 is 20.0 Å². The fourth-order valence-electron chi connectivity index (χ4n) is 4.48.